The van der Waals surface area contributed by atoms with Crippen molar-refractivity contribution < 1.29 is 9.53 Å². The molecule has 1 unspecified atom stereocenters. The molecule has 1 amide bonds. The van der Waals surface area contributed by atoms with E-state index in [0.29, 0.717) is 13.1 Å². The second-order valence-electron chi connectivity index (χ2n) is 8.39. The van der Waals surface area contributed by atoms with Crippen molar-refractivity contribution in [2.45, 2.75) is 36.7 Å². The van der Waals surface area contributed by atoms with Gasteiger partial charge in [-0.25, -0.2) is 9.97 Å². The molecule has 2 aliphatic heterocycles. The van der Waals surface area contributed by atoms with Gasteiger partial charge in [-0.3, -0.25) is 9.69 Å². The number of para-hydroxylation sites is 1. The van der Waals surface area contributed by atoms with Gasteiger partial charge >= 0.3 is 0 Å². The van der Waals surface area contributed by atoms with Gasteiger partial charge in [0.1, 0.15) is 10.9 Å². The van der Waals surface area contributed by atoms with Crippen LogP contribution in [0.4, 0.5) is 0 Å². The van der Waals surface area contributed by atoms with E-state index in [1.54, 1.807) is 11.8 Å². The largest absolute Gasteiger partial charge is 0.379 e. The summed E-state index contributed by atoms with van der Waals surface area (Å²) in [5, 5.41) is 1.68. The first-order chi connectivity index (χ1) is 15.7. The molecule has 2 aromatic carbocycles. The van der Waals surface area contributed by atoms with E-state index >= 15 is 0 Å². The monoisotopic (exact) mass is 448 g/mol. The van der Waals surface area contributed by atoms with Crippen molar-refractivity contribution in [1.82, 2.24) is 19.8 Å². The fourth-order valence-corrected chi connectivity index (χ4v) is 5.41. The Kier molecular flexibility index (Phi) is 6.39. The standard InChI is InChI=1S/C25H28N4O2S/c1-18(25(30)29-11-10-19-6-2-3-7-20(19)16-29)32-24-21-8-4-5-9-22(21)26-23(27-24)17-28-12-14-31-15-13-28/h2-9,18H,10-17H2,1H3. The minimum absolute atomic E-state index is 0.168. The molecule has 1 fully saturated rings. The van der Waals surface area contributed by atoms with Crippen LogP contribution in [0.1, 0.15) is 23.9 Å². The summed E-state index contributed by atoms with van der Waals surface area (Å²) < 4.78 is 5.46. The Bertz CT molecular complexity index is 1120. The highest BCUT2D eigenvalue weighted by atomic mass is 32.2. The fraction of sp³-hybridized carbons (Fsp3) is 0.400. The Hall–Kier alpha value is -2.48. The van der Waals surface area contributed by atoms with Crippen LogP contribution in [0, 0.1) is 0 Å². The Morgan fingerprint density at radius 2 is 1.78 bits per heavy atom. The summed E-state index contributed by atoms with van der Waals surface area (Å²) in [4.78, 5) is 27.3. The molecule has 0 spiro atoms. The predicted molar refractivity (Wildman–Crippen MR) is 127 cm³/mol. The number of amides is 1. The molecule has 6 nitrogen and oxygen atoms in total. The summed E-state index contributed by atoms with van der Waals surface area (Å²) in [6.45, 7) is 7.44. The number of aromatic nitrogens is 2. The molecular weight excluding hydrogens is 420 g/mol. The molecule has 5 rings (SSSR count). The van der Waals surface area contributed by atoms with Crippen molar-refractivity contribution in [2.24, 2.45) is 0 Å². The van der Waals surface area contributed by atoms with Crippen molar-refractivity contribution in [3.63, 3.8) is 0 Å². The minimum Gasteiger partial charge on any atom is -0.379 e. The molecular formula is C25H28N4O2S. The van der Waals surface area contributed by atoms with Crippen LogP contribution in [0.3, 0.4) is 0 Å². The highest BCUT2D eigenvalue weighted by molar-refractivity contribution is 8.00. The fourth-order valence-electron chi connectivity index (χ4n) is 4.37. The molecule has 7 heteroatoms. The van der Waals surface area contributed by atoms with E-state index in [4.69, 9.17) is 14.7 Å². The number of benzene rings is 2. The highest BCUT2D eigenvalue weighted by Crippen LogP contribution is 2.31. The summed E-state index contributed by atoms with van der Waals surface area (Å²) in [5.74, 6) is 0.974. The Morgan fingerprint density at radius 1 is 1.03 bits per heavy atom. The molecule has 1 atom stereocenters. The summed E-state index contributed by atoms with van der Waals surface area (Å²) >= 11 is 1.55. The lowest BCUT2D eigenvalue weighted by atomic mass is 10.00. The average Bonchev–Trinajstić information content (AvgIpc) is 2.84. The average molecular weight is 449 g/mol. The minimum atomic E-state index is -0.213. The van der Waals surface area contributed by atoms with Gasteiger partial charge in [0.2, 0.25) is 5.91 Å². The zero-order valence-electron chi connectivity index (χ0n) is 18.4. The van der Waals surface area contributed by atoms with E-state index in [1.165, 1.54) is 11.1 Å². The van der Waals surface area contributed by atoms with Crippen molar-refractivity contribution in [2.75, 3.05) is 32.8 Å². The number of hydrogen-bond acceptors (Lipinski definition) is 6. The van der Waals surface area contributed by atoms with E-state index in [9.17, 15) is 4.79 Å². The van der Waals surface area contributed by atoms with E-state index in [-0.39, 0.29) is 11.2 Å². The Morgan fingerprint density at radius 3 is 2.62 bits per heavy atom. The third-order valence-electron chi connectivity index (χ3n) is 6.16. The topological polar surface area (TPSA) is 58.6 Å². The predicted octanol–water partition coefficient (Wildman–Crippen LogP) is 3.53. The van der Waals surface area contributed by atoms with Crippen LogP contribution in [-0.2, 0) is 29.0 Å². The van der Waals surface area contributed by atoms with Crippen LogP contribution >= 0.6 is 11.8 Å². The van der Waals surface area contributed by atoms with Gasteiger partial charge < -0.3 is 9.64 Å². The number of rotatable bonds is 5. The zero-order chi connectivity index (χ0) is 21.9. The first-order valence-corrected chi connectivity index (χ1v) is 12.1. The van der Waals surface area contributed by atoms with Crippen LogP contribution in [0.5, 0.6) is 0 Å². The van der Waals surface area contributed by atoms with Crippen molar-refractivity contribution in [1.29, 1.82) is 0 Å². The number of thioether (sulfide) groups is 1. The Balaban J connectivity index is 1.35. The van der Waals surface area contributed by atoms with E-state index in [2.05, 4.69) is 23.1 Å². The lowest BCUT2D eigenvalue weighted by molar-refractivity contribution is -0.131. The third-order valence-corrected chi connectivity index (χ3v) is 7.25. The van der Waals surface area contributed by atoms with Gasteiger partial charge in [-0.15, -0.1) is 0 Å². The molecule has 0 bridgehead atoms. The number of hydrogen-bond donors (Lipinski definition) is 0. The first-order valence-electron chi connectivity index (χ1n) is 11.3. The van der Waals surface area contributed by atoms with E-state index in [1.807, 2.05) is 42.2 Å². The van der Waals surface area contributed by atoms with Crippen LogP contribution in [-0.4, -0.2) is 63.8 Å². The molecule has 0 aliphatic carbocycles. The second-order valence-corrected chi connectivity index (χ2v) is 9.72. The van der Waals surface area contributed by atoms with Crippen molar-refractivity contribution in [3.8, 4) is 0 Å². The lowest BCUT2D eigenvalue weighted by Crippen LogP contribution is -2.40. The molecule has 0 saturated carbocycles. The number of morpholine rings is 1. The molecule has 32 heavy (non-hydrogen) atoms. The van der Waals surface area contributed by atoms with E-state index in [0.717, 1.165) is 61.0 Å². The summed E-state index contributed by atoms with van der Waals surface area (Å²) in [5.41, 5.74) is 3.54. The molecule has 166 valence electrons. The third kappa shape index (κ3) is 4.65. The van der Waals surface area contributed by atoms with Gasteiger partial charge in [0.05, 0.1) is 30.5 Å². The maximum atomic E-state index is 13.3. The first kappa shape index (κ1) is 21.4. The molecule has 2 aliphatic rings. The summed E-state index contributed by atoms with van der Waals surface area (Å²) in [7, 11) is 0. The maximum absolute atomic E-state index is 13.3. The van der Waals surface area contributed by atoms with Crippen LogP contribution in [0.25, 0.3) is 10.9 Å². The second kappa shape index (κ2) is 9.57. The highest BCUT2D eigenvalue weighted by Gasteiger charge is 2.26. The quantitative estimate of drug-likeness (QED) is 0.440. The van der Waals surface area contributed by atoms with Gasteiger partial charge in [0.15, 0.2) is 0 Å². The summed E-state index contributed by atoms with van der Waals surface area (Å²) in [6.07, 6.45) is 0.916. The molecule has 3 heterocycles. The van der Waals surface area contributed by atoms with Crippen LogP contribution < -0.4 is 0 Å². The summed E-state index contributed by atoms with van der Waals surface area (Å²) in [6, 6.07) is 16.5. The van der Waals surface area contributed by atoms with Gasteiger partial charge in [-0.2, -0.15) is 0 Å². The van der Waals surface area contributed by atoms with Crippen molar-refractivity contribution in [3.05, 3.63) is 65.5 Å². The zero-order valence-corrected chi connectivity index (χ0v) is 19.2. The van der Waals surface area contributed by atoms with Gasteiger partial charge in [-0.1, -0.05) is 54.2 Å². The number of fused-ring (bicyclic) bond motifs is 2. The molecule has 0 radical (unpaired) electrons. The SMILES string of the molecule is CC(Sc1nc(CN2CCOCC2)nc2ccccc12)C(=O)N1CCc2ccccc2C1. The number of ether oxygens (including phenoxy) is 1. The number of carbonyl (C=O) groups excluding carboxylic acids is 1. The van der Waals surface area contributed by atoms with Gasteiger partial charge in [0, 0.05) is 31.6 Å². The Labute approximate surface area is 193 Å². The van der Waals surface area contributed by atoms with Crippen LogP contribution in [0.15, 0.2) is 53.6 Å². The normalized spacial score (nSPS) is 17.8. The molecule has 0 N–H and O–H groups in total. The maximum Gasteiger partial charge on any atom is 0.236 e. The van der Waals surface area contributed by atoms with Gasteiger partial charge in [0.25, 0.3) is 0 Å². The smallest absolute Gasteiger partial charge is 0.236 e. The van der Waals surface area contributed by atoms with Gasteiger partial charge in [-0.05, 0) is 30.5 Å². The molecule has 1 aromatic heterocycles. The lowest BCUT2D eigenvalue weighted by Gasteiger charge is -2.30. The molecule has 3 aromatic rings. The molecule has 1 saturated heterocycles. The number of nitrogens with zero attached hydrogens (tertiary/aromatic N) is 4. The van der Waals surface area contributed by atoms with Crippen molar-refractivity contribution >= 4 is 28.6 Å². The number of carbonyl (C=O) groups is 1. The van der Waals surface area contributed by atoms with E-state index < -0.39 is 0 Å². The van der Waals surface area contributed by atoms with Crippen LogP contribution in [0.2, 0.25) is 0 Å².